The van der Waals surface area contributed by atoms with Gasteiger partial charge in [-0.1, -0.05) is 35.6 Å². The van der Waals surface area contributed by atoms with Crippen LogP contribution < -0.4 is 11.1 Å². The third-order valence-corrected chi connectivity index (χ3v) is 8.21. The summed E-state index contributed by atoms with van der Waals surface area (Å²) in [5, 5.41) is 11.0. The highest BCUT2D eigenvalue weighted by molar-refractivity contribution is 5.91. The second-order valence-corrected chi connectivity index (χ2v) is 11.1. The first kappa shape index (κ1) is 31.2. The van der Waals surface area contributed by atoms with Gasteiger partial charge < -0.3 is 20.9 Å². The zero-order chi connectivity index (χ0) is 30.6. The van der Waals surface area contributed by atoms with Crippen molar-refractivity contribution in [1.82, 2.24) is 30.1 Å². The summed E-state index contributed by atoms with van der Waals surface area (Å²) in [6.45, 7) is 6.26. The average molecular weight is 590 g/mol. The van der Waals surface area contributed by atoms with Gasteiger partial charge in [-0.2, -0.15) is 13.2 Å². The minimum Gasteiger partial charge on any atom is -0.350 e. The number of nitrogens with zero attached hydrogens (tertiary/aromatic N) is 5. The molecule has 0 saturated carbocycles. The fourth-order valence-electron chi connectivity index (χ4n) is 5.88. The number of halogens is 3. The van der Waals surface area contributed by atoms with Gasteiger partial charge in [-0.05, 0) is 62.6 Å². The van der Waals surface area contributed by atoms with Gasteiger partial charge in [0.1, 0.15) is 17.6 Å². The van der Waals surface area contributed by atoms with Crippen LogP contribution in [-0.2, 0) is 28.0 Å². The summed E-state index contributed by atoms with van der Waals surface area (Å²) in [5.41, 5.74) is 9.55. The number of rotatable bonds is 10. The summed E-state index contributed by atoms with van der Waals surface area (Å²) in [6, 6.07) is 1.86. The summed E-state index contributed by atoms with van der Waals surface area (Å²) >= 11 is 0. The number of likely N-dealkylation sites (tertiary alicyclic amines) is 2. The molecule has 1 aromatic carbocycles. The molecule has 3 heterocycles. The lowest BCUT2D eigenvalue weighted by Gasteiger charge is -2.28. The number of hydrogen-bond acceptors (Lipinski definition) is 6. The van der Waals surface area contributed by atoms with Crippen molar-refractivity contribution in [3.8, 4) is 0 Å². The molecule has 0 aliphatic carbocycles. The molecule has 2 aliphatic rings. The maximum atomic E-state index is 13.5. The number of nitrogens with two attached hydrogens (primary N) is 1. The molecule has 1 unspecified atom stereocenters. The molecule has 0 bridgehead atoms. The van der Waals surface area contributed by atoms with Gasteiger partial charge in [0.05, 0.1) is 11.6 Å². The summed E-state index contributed by atoms with van der Waals surface area (Å²) < 4.78 is 41.6. The van der Waals surface area contributed by atoms with E-state index in [1.807, 2.05) is 31.2 Å². The Balaban J connectivity index is 1.41. The highest BCUT2D eigenvalue weighted by Crippen LogP contribution is 2.33. The summed E-state index contributed by atoms with van der Waals surface area (Å²) in [5.74, 6) is -1.52. The molecule has 4 atom stereocenters. The van der Waals surface area contributed by atoms with Crippen LogP contribution >= 0.6 is 0 Å². The van der Waals surface area contributed by atoms with Crippen LogP contribution in [0.3, 0.4) is 0 Å². The maximum Gasteiger partial charge on any atom is 0.408 e. The van der Waals surface area contributed by atoms with E-state index in [1.165, 1.54) is 4.90 Å². The first-order valence-corrected chi connectivity index (χ1v) is 14.2. The van der Waals surface area contributed by atoms with Gasteiger partial charge in [0.2, 0.25) is 17.7 Å². The minimum absolute atomic E-state index is 0.0178. The molecule has 2 fully saturated rings. The lowest BCUT2D eigenvalue weighted by atomic mass is 9.96. The van der Waals surface area contributed by atoms with Crippen LogP contribution in [0.25, 0.3) is 11.0 Å². The Bertz CT molecular complexity index is 1360. The number of alkyl halides is 3. The van der Waals surface area contributed by atoms with Crippen LogP contribution in [0.2, 0.25) is 0 Å². The van der Waals surface area contributed by atoms with E-state index in [0.29, 0.717) is 18.4 Å². The summed E-state index contributed by atoms with van der Waals surface area (Å²) in [4.78, 5) is 41.8. The highest BCUT2D eigenvalue weighted by Gasteiger charge is 2.47. The van der Waals surface area contributed by atoms with Crippen LogP contribution in [0.5, 0.6) is 0 Å². The lowest BCUT2D eigenvalue weighted by molar-refractivity contribution is -0.182. The van der Waals surface area contributed by atoms with Crippen molar-refractivity contribution in [1.29, 1.82) is 0 Å². The number of carbonyl (C=O) groups excluding carboxylic acids is 3. The molecule has 42 heavy (non-hydrogen) atoms. The number of amides is 3. The lowest BCUT2D eigenvalue weighted by Crippen LogP contribution is -2.51. The van der Waals surface area contributed by atoms with E-state index < -0.39 is 36.1 Å². The molecular weight excluding hydrogens is 551 g/mol. The molecule has 4 rings (SSSR count). The number of aromatic nitrogens is 3. The van der Waals surface area contributed by atoms with Crippen LogP contribution in [0, 0.1) is 5.92 Å². The fraction of sp³-hybridized carbons (Fsp3) is 0.552. The van der Waals surface area contributed by atoms with E-state index in [9.17, 15) is 27.6 Å². The van der Waals surface area contributed by atoms with Crippen molar-refractivity contribution >= 4 is 28.8 Å². The molecular formula is C29H38F3N7O3. The zero-order valence-corrected chi connectivity index (χ0v) is 23.9. The van der Waals surface area contributed by atoms with E-state index in [0.717, 1.165) is 21.6 Å². The summed E-state index contributed by atoms with van der Waals surface area (Å²) in [7, 11) is 1.79. The normalized spacial score (nSPS) is 22.0. The number of aryl methyl sites for hydroxylation is 1. The van der Waals surface area contributed by atoms with E-state index >= 15 is 0 Å². The monoisotopic (exact) mass is 589 g/mol. The largest absolute Gasteiger partial charge is 0.408 e. The van der Waals surface area contributed by atoms with Gasteiger partial charge >= 0.3 is 6.18 Å². The number of carbonyl (C=O) groups is 3. The number of benzene rings is 1. The van der Waals surface area contributed by atoms with Gasteiger partial charge in [-0.25, -0.2) is 4.68 Å². The Kier molecular flexibility index (Phi) is 9.70. The van der Waals surface area contributed by atoms with Crippen molar-refractivity contribution in [3.63, 3.8) is 0 Å². The molecule has 1 aromatic heterocycles. The number of hydrogen-bond donors (Lipinski definition) is 2. The zero-order valence-electron chi connectivity index (χ0n) is 23.9. The Morgan fingerprint density at radius 2 is 2.02 bits per heavy atom. The van der Waals surface area contributed by atoms with Crippen molar-refractivity contribution in [2.45, 2.75) is 76.3 Å². The second-order valence-electron chi connectivity index (χ2n) is 11.1. The Morgan fingerprint density at radius 1 is 1.26 bits per heavy atom. The van der Waals surface area contributed by atoms with Crippen molar-refractivity contribution in [3.05, 3.63) is 48.1 Å². The second kappa shape index (κ2) is 13.1. The van der Waals surface area contributed by atoms with Crippen LogP contribution in [0.1, 0.15) is 51.0 Å². The third-order valence-electron chi connectivity index (χ3n) is 8.21. The molecule has 10 nitrogen and oxygen atoms in total. The molecule has 228 valence electrons. The third kappa shape index (κ3) is 7.00. The highest BCUT2D eigenvalue weighted by atomic mass is 19.4. The van der Waals surface area contributed by atoms with E-state index in [-0.39, 0.29) is 57.1 Å². The molecule has 2 saturated heterocycles. The Hall–Kier alpha value is -3.74. The van der Waals surface area contributed by atoms with Gasteiger partial charge in [0.25, 0.3) is 0 Å². The first-order valence-electron chi connectivity index (χ1n) is 14.2. The predicted octanol–water partition coefficient (Wildman–Crippen LogP) is 2.98. The smallest absolute Gasteiger partial charge is 0.350 e. The molecule has 2 aromatic rings. The average Bonchev–Trinajstić information content (AvgIpc) is 3.71. The van der Waals surface area contributed by atoms with Gasteiger partial charge in [0.15, 0.2) is 0 Å². The number of allylic oxidation sites excluding steroid dienone is 3. The van der Waals surface area contributed by atoms with E-state index in [4.69, 9.17) is 5.73 Å². The number of fused-ring (bicyclic) bond motifs is 1. The molecule has 3 N–H and O–H groups in total. The van der Waals surface area contributed by atoms with E-state index in [1.54, 1.807) is 17.8 Å². The van der Waals surface area contributed by atoms with Crippen molar-refractivity contribution in [2.75, 3.05) is 13.1 Å². The van der Waals surface area contributed by atoms with Crippen molar-refractivity contribution in [2.24, 2.45) is 18.7 Å². The molecule has 13 heteroatoms. The van der Waals surface area contributed by atoms with Crippen molar-refractivity contribution < 1.29 is 27.6 Å². The minimum atomic E-state index is -4.49. The Morgan fingerprint density at radius 3 is 2.71 bits per heavy atom. The van der Waals surface area contributed by atoms with Gasteiger partial charge in [-0.15, -0.1) is 5.10 Å². The summed E-state index contributed by atoms with van der Waals surface area (Å²) in [6.07, 6.45) is -0.0260. The standard InChI is InChI=1S/C29H38F3N7O3/c1-4-18(5-2)13-20-15-24(27(41)34-16-19-8-10-23-22(14-19)35-36-37(23)3)39(17-20)28(42)21(33)9-11-26(40)38-12-6-7-25(38)29(30,31)32/h4-5,8,10,14,20-21,24-25H,1,6-7,9,11-13,15-17,33H2,2-3H3,(H,34,41)/b18-5+/t20-,21-,24+,25?/m1/s1. The number of nitrogens with one attached hydrogen (secondary N) is 1. The fourth-order valence-corrected chi connectivity index (χ4v) is 5.88. The Labute approximate surface area is 242 Å². The SMILES string of the molecule is C=C/C(=C\C)C[C@@H]1C[C@@H](C(=O)NCc2ccc3c(c2)nnn3C)N(C(=O)[C@H](N)CCC(=O)N2CCCC2C(F)(F)F)C1. The molecule has 3 amide bonds. The molecule has 0 radical (unpaired) electrons. The molecule has 2 aliphatic heterocycles. The van der Waals surface area contributed by atoms with E-state index in [2.05, 4.69) is 22.2 Å². The molecule has 0 spiro atoms. The topological polar surface area (TPSA) is 126 Å². The van der Waals surface area contributed by atoms with Gasteiger partial charge in [0, 0.05) is 33.1 Å². The maximum absolute atomic E-state index is 13.5. The van der Waals surface area contributed by atoms with Crippen LogP contribution in [0.4, 0.5) is 13.2 Å². The first-order chi connectivity index (χ1) is 19.9. The quantitative estimate of drug-likeness (QED) is 0.411. The van der Waals surface area contributed by atoms with Crippen LogP contribution in [-0.4, -0.2) is 79.9 Å². The van der Waals surface area contributed by atoms with Gasteiger partial charge in [-0.3, -0.25) is 14.4 Å². The van der Waals surface area contributed by atoms with Crippen LogP contribution in [0.15, 0.2) is 42.5 Å². The predicted molar refractivity (Wildman–Crippen MR) is 151 cm³/mol.